The number of carbonyl (C=O) groups excluding carboxylic acids is 2. The lowest BCUT2D eigenvalue weighted by molar-refractivity contribution is 0.0525. The van der Waals surface area contributed by atoms with E-state index >= 15 is 0 Å². The summed E-state index contributed by atoms with van der Waals surface area (Å²) < 4.78 is 10.2. The minimum atomic E-state index is -0.648. The van der Waals surface area contributed by atoms with Crippen LogP contribution >= 0.6 is 11.3 Å². The average molecular weight is 299 g/mol. The van der Waals surface area contributed by atoms with E-state index in [9.17, 15) is 9.59 Å². The molecule has 7 nitrogen and oxygen atoms in total. The zero-order valence-corrected chi connectivity index (χ0v) is 12.2. The number of esters is 1. The molecule has 1 aliphatic rings. The molecule has 2 rings (SSSR count). The number of thiophene rings is 1. The van der Waals surface area contributed by atoms with E-state index in [1.807, 2.05) is 11.8 Å². The van der Waals surface area contributed by atoms with Gasteiger partial charge in [0.2, 0.25) is 0 Å². The Morgan fingerprint density at radius 3 is 2.75 bits per heavy atom. The number of rotatable bonds is 3. The summed E-state index contributed by atoms with van der Waals surface area (Å²) in [4.78, 5) is 25.5. The van der Waals surface area contributed by atoms with Crippen LogP contribution in [0.25, 0.3) is 0 Å². The monoisotopic (exact) mass is 299 g/mol. The van der Waals surface area contributed by atoms with Crippen LogP contribution in [-0.2, 0) is 9.47 Å². The molecule has 1 aromatic heterocycles. The van der Waals surface area contributed by atoms with Crippen molar-refractivity contribution < 1.29 is 19.1 Å². The summed E-state index contributed by atoms with van der Waals surface area (Å²) in [6.45, 7) is 3.72. The SMILES string of the molecule is COC(=O)c1c(N2CCOC(C)C2)sc(C(N)=O)c1N. The molecule has 1 aliphatic heterocycles. The second-order valence-electron chi connectivity index (χ2n) is 4.51. The lowest BCUT2D eigenvalue weighted by Gasteiger charge is -2.32. The second-order valence-corrected chi connectivity index (χ2v) is 5.51. The van der Waals surface area contributed by atoms with E-state index in [-0.39, 0.29) is 22.2 Å². The van der Waals surface area contributed by atoms with Crippen molar-refractivity contribution in [1.29, 1.82) is 0 Å². The van der Waals surface area contributed by atoms with Crippen molar-refractivity contribution in [2.45, 2.75) is 13.0 Å². The number of hydrogen-bond donors (Lipinski definition) is 2. The molecule has 4 N–H and O–H groups in total. The van der Waals surface area contributed by atoms with Gasteiger partial charge in [-0.15, -0.1) is 11.3 Å². The van der Waals surface area contributed by atoms with Gasteiger partial charge in [0.15, 0.2) is 0 Å². The molecule has 0 aliphatic carbocycles. The normalized spacial score (nSPS) is 18.9. The van der Waals surface area contributed by atoms with E-state index < -0.39 is 11.9 Å². The van der Waals surface area contributed by atoms with Crippen LogP contribution in [0, 0.1) is 0 Å². The van der Waals surface area contributed by atoms with Gasteiger partial charge >= 0.3 is 5.97 Å². The number of amides is 1. The molecule has 1 amide bonds. The Labute approximate surface area is 120 Å². The third-order valence-corrected chi connectivity index (χ3v) is 4.35. The minimum absolute atomic E-state index is 0.0367. The molecule has 0 aromatic carbocycles. The van der Waals surface area contributed by atoms with Gasteiger partial charge in [0.1, 0.15) is 15.4 Å². The van der Waals surface area contributed by atoms with Crippen molar-refractivity contribution in [1.82, 2.24) is 0 Å². The number of nitrogens with two attached hydrogens (primary N) is 2. The lowest BCUT2D eigenvalue weighted by Crippen LogP contribution is -2.41. The fraction of sp³-hybridized carbons (Fsp3) is 0.500. The molecular formula is C12H17N3O4S. The van der Waals surface area contributed by atoms with Crippen LogP contribution in [-0.4, -0.2) is 44.8 Å². The number of primary amides is 1. The fourth-order valence-corrected chi connectivity index (χ4v) is 3.24. The quantitative estimate of drug-likeness (QED) is 0.784. The molecule has 110 valence electrons. The van der Waals surface area contributed by atoms with Gasteiger partial charge in [0.25, 0.3) is 5.91 Å². The van der Waals surface area contributed by atoms with Crippen molar-refractivity contribution in [2.24, 2.45) is 5.73 Å². The summed E-state index contributed by atoms with van der Waals surface area (Å²) in [7, 11) is 1.27. The molecule has 0 spiro atoms. The summed E-state index contributed by atoms with van der Waals surface area (Å²) >= 11 is 1.12. The topological polar surface area (TPSA) is 108 Å². The molecule has 0 saturated carbocycles. The Balaban J connectivity index is 2.47. The number of nitrogen functional groups attached to an aromatic ring is 1. The maximum Gasteiger partial charge on any atom is 0.343 e. The highest BCUT2D eigenvalue weighted by molar-refractivity contribution is 7.19. The van der Waals surface area contributed by atoms with Crippen LogP contribution < -0.4 is 16.4 Å². The fourth-order valence-electron chi connectivity index (χ4n) is 2.14. The lowest BCUT2D eigenvalue weighted by atomic mass is 10.2. The van der Waals surface area contributed by atoms with Gasteiger partial charge in [-0.1, -0.05) is 0 Å². The molecule has 0 bridgehead atoms. The molecule has 0 radical (unpaired) electrons. The van der Waals surface area contributed by atoms with Gasteiger partial charge in [-0.05, 0) is 6.92 Å². The molecule has 1 atom stereocenters. The second kappa shape index (κ2) is 5.68. The van der Waals surface area contributed by atoms with Crippen LogP contribution in [0.2, 0.25) is 0 Å². The average Bonchev–Trinajstić information content (AvgIpc) is 2.75. The van der Waals surface area contributed by atoms with Crippen molar-refractivity contribution in [2.75, 3.05) is 37.4 Å². The van der Waals surface area contributed by atoms with Crippen molar-refractivity contribution in [3.8, 4) is 0 Å². The molecule has 1 aromatic rings. The summed E-state index contributed by atoms with van der Waals surface area (Å²) in [5.41, 5.74) is 11.5. The van der Waals surface area contributed by atoms with E-state index in [2.05, 4.69) is 0 Å². The van der Waals surface area contributed by atoms with E-state index in [0.717, 1.165) is 11.3 Å². The first-order chi connectivity index (χ1) is 9.45. The largest absolute Gasteiger partial charge is 0.465 e. The maximum atomic E-state index is 11.9. The number of carbonyl (C=O) groups is 2. The van der Waals surface area contributed by atoms with Crippen LogP contribution in [0.4, 0.5) is 10.7 Å². The number of anilines is 2. The Hall–Kier alpha value is -1.80. The van der Waals surface area contributed by atoms with Crippen LogP contribution in [0.15, 0.2) is 0 Å². The summed E-state index contributed by atoms with van der Waals surface area (Å²) in [5.74, 6) is -1.22. The van der Waals surface area contributed by atoms with E-state index in [1.165, 1.54) is 7.11 Å². The van der Waals surface area contributed by atoms with Crippen molar-refractivity contribution in [3.63, 3.8) is 0 Å². The number of hydrogen-bond acceptors (Lipinski definition) is 7. The zero-order chi connectivity index (χ0) is 14.9. The smallest absolute Gasteiger partial charge is 0.343 e. The van der Waals surface area contributed by atoms with Gasteiger partial charge in [-0.25, -0.2) is 4.79 Å². The van der Waals surface area contributed by atoms with Gasteiger partial charge < -0.3 is 25.8 Å². The van der Waals surface area contributed by atoms with Gasteiger partial charge in [-0.3, -0.25) is 4.79 Å². The highest BCUT2D eigenvalue weighted by Crippen LogP contribution is 2.39. The summed E-state index contributed by atoms with van der Waals surface area (Å²) in [5, 5.41) is 0.610. The molecule has 8 heteroatoms. The molecule has 20 heavy (non-hydrogen) atoms. The first kappa shape index (κ1) is 14.6. The zero-order valence-electron chi connectivity index (χ0n) is 11.3. The molecule has 1 unspecified atom stereocenters. The molecule has 1 saturated heterocycles. The van der Waals surface area contributed by atoms with E-state index in [4.69, 9.17) is 20.9 Å². The minimum Gasteiger partial charge on any atom is -0.465 e. The standard InChI is InChI=1S/C12H17N3O4S/c1-6-5-15(3-4-19-6)11-7(12(17)18-2)8(13)9(20-11)10(14)16/h6H,3-5,13H2,1-2H3,(H2,14,16). The first-order valence-electron chi connectivity index (χ1n) is 6.12. The number of nitrogens with zero attached hydrogens (tertiary/aromatic N) is 1. The van der Waals surface area contributed by atoms with Crippen LogP contribution in [0.3, 0.4) is 0 Å². The number of morpholine rings is 1. The van der Waals surface area contributed by atoms with Gasteiger partial charge in [0.05, 0.1) is 25.5 Å². The third-order valence-electron chi connectivity index (χ3n) is 3.07. The number of ether oxygens (including phenoxy) is 2. The first-order valence-corrected chi connectivity index (χ1v) is 6.94. The van der Waals surface area contributed by atoms with Crippen LogP contribution in [0.1, 0.15) is 27.0 Å². The van der Waals surface area contributed by atoms with Crippen LogP contribution in [0.5, 0.6) is 0 Å². The van der Waals surface area contributed by atoms with Crippen molar-refractivity contribution in [3.05, 3.63) is 10.4 Å². The Bertz CT molecular complexity index is 543. The highest BCUT2D eigenvalue weighted by atomic mass is 32.1. The Morgan fingerprint density at radius 2 is 2.20 bits per heavy atom. The van der Waals surface area contributed by atoms with Crippen molar-refractivity contribution >= 4 is 33.9 Å². The molecular weight excluding hydrogens is 282 g/mol. The van der Waals surface area contributed by atoms with E-state index in [1.54, 1.807) is 0 Å². The van der Waals surface area contributed by atoms with Gasteiger partial charge in [0, 0.05) is 13.1 Å². The van der Waals surface area contributed by atoms with E-state index in [0.29, 0.717) is 24.7 Å². The predicted molar refractivity (Wildman–Crippen MR) is 76.2 cm³/mol. The Morgan fingerprint density at radius 1 is 1.50 bits per heavy atom. The Kier molecular flexibility index (Phi) is 4.15. The number of methoxy groups -OCH3 is 1. The maximum absolute atomic E-state index is 11.9. The van der Waals surface area contributed by atoms with Gasteiger partial charge in [-0.2, -0.15) is 0 Å². The predicted octanol–water partition coefficient (Wildman–Crippen LogP) is 0.441. The molecule has 2 heterocycles. The summed E-state index contributed by atoms with van der Waals surface area (Å²) in [6.07, 6.45) is 0.0367. The highest BCUT2D eigenvalue weighted by Gasteiger charge is 2.30. The summed E-state index contributed by atoms with van der Waals surface area (Å²) in [6, 6.07) is 0. The molecule has 1 fully saturated rings. The third kappa shape index (κ3) is 2.56.